The number of hydrogen-bond acceptors (Lipinski definition) is 3. The van der Waals surface area contributed by atoms with Crippen molar-refractivity contribution in [2.45, 2.75) is 13.5 Å². The molecule has 3 nitrogen and oxygen atoms in total. The van der Waals surface area contributed by atoms with E-state index in [0.29, 0.717) is 13.3 Å². The van der Waals surface area contributed by atoms with E-state index in [1.807, 2.05) is 43.3 Å². The van der Waals surface area contributed by atoms with Crippen molar-refractivity contribution in [3.8, 4) is 11.5 Å². The van der Waals surface area contributed by atoms with E-state index >= 15 is 0 Å². The summed E-state index contributed by atoms with van der Waals surface area (Å²) in [5.74, 6) is 1.60. The first-order valence-electron chi connectivity index (χ1n) is 6.11. The fourth-order valence-electron chi connectivity index (χ4n) is 2.02. The smallest absolute Gasteiger partial charge is 0.231 e. The molecule has 0 saturated carbocycles. The Hall–Kier alpha value is -1.87. The summed E-state index contributed by atoms with van der Waals surface area (Å²) in [5.41, 5.74) is 3.25. The van der Waals surface area contributed by atoms with E-state index in [1.165, 1.54) is 5.56 Å². The second-order valence-corrected chi connectivity index (χ2v) is 4.93. The molecule has 2 aromatic rings. The Morgan fingerprint density at radius 3 is 2.84 bits per heavy atom. The van der Waals surface area contributed by atoms with Crippen molar-refractivity contribution in [2.24, 2.45) is 0 Å². The molecule has 2 aromatic carbocycles. The van der Waals surface area contributed by atoms with Crippen LogP contribution in [-0.4, -0.2) is 6.79 Å². The fraction of sp³-hybridized carbons (Fsp3) is 0.200. The van der Waals surface area contributed by atoms with Crippen LogP contribution in [0.5, 0.6) is 11.5 Å². The molecule has 0 radical (unpaired) electrons. The number of benzene rings is 2. The molecule has 0 atom stereocenters. The first kappa shape index (κ1) is 12.2. The number of hydrogen-bond donors (Lipinski definition) is 1. The van der Waals surface area contributed by atoms with Gasteiger partial charge in [-0.3, -0.25) is 0 Å². The van der Waals surface area contributed by atoms with Crippen molar-refractivity contribution in [3.05, 3.63) is 52.5 Å². The van der Waals surface area contributed by atoms with Gasteiger partial charge in [0.1, 0.15) is 0 Å². The minimum absolute atomic E-state index is 0.302. The molecular weight excluding hydrogens is 262 g/mol. The second kappa shape index (κ2) is 5.02. The second-order valence-electron chi connectivity index (χ2n) is 4.52. The molecule has 0 aromatic heterocycles. The van der Waals surface area contributed by atoms with Crippen molar-refractivity contribution in [2.75, 3.05) is 12.1 Å². The molecule has 19 heavy (non-hydrogen) atoms. The summed E-state index contributed by atoms with van der Waals surface area (Å²) in [6.45, 7) is 3.04. The fourth-order valence-corrected chi connectivity index (χ4v) is 2.21. The van der Waals surface area contributed by atoms with Gasteiger partial charge in [0, 0.05) is 6.54 Å². The summed E-state index contributed by atoms with van der Waals surface area (Å²) in [7, 11) is 0. The van der Waals surface area contributed by atoms with Gasteiger partial charge in [-0.05, 0) is 42.3 Å². The Labute approximate surface area is 117 Å². The SMILES string of the molecule is Cc1ccc(Cl)c(NCc2ccc3c(c2)OCO3)c1. The van der Waals surface area contributed by atoms with Gasteiger partial charge in [0.05, 0.1) is 10.7 Å². The van der Waals surface area contributed by atoms with Crippen molar-refractivity contribution in [3.63, 3.8) is 0 Å². The number of anilines is 1. The lowest BCUT2D eigenvalue weighted by atomic mass is 10.2. The van der Waals surface area contributed by atoms with Crippen LogP contribution in [0.25, 0.3) is 0 Å². The summed E-state index contributed by atoms with van der Waals surface area (Å²) >= 11 is 6.15. The number of nitrogens with one attached hydrogen (secondary N) is 1. The van der Waals surface area contributed by atoms with E-state index in [1.54, 1.807) is 0 Å². The maximum Gasteiger partial charge on any atom is 0.231 e. The Morgan fingerprint density at radius 2 is 1.95 bits per heavy atom. The van der Waals surface area contributed by atoms with Crippen molar-refractivity contribution < 1.29 is 9.47 Å². The molecule has 1 heterocycles. The lowest BCUT2D eigenvalue weighted by Gasteiger charge is -2.10. The molecule has 3 rings (SSSR count). The highest BCUT2D eigenvalue weighted by Gasteiger charge is 2.13. The van der Waals surface area contributed by atoms with Crippen LogP contribution in [0.1, 0.15) is 11.1 Å². The van der Waals surface area contributed by atoms with Crippen molar-refractivity contribution in [1.29, 1.82) is 0 Å². The van der Waals surface area contributed by atoms with Gasteiger partial charge >= 0.3 is 0 Å². The molecule has 0 fully saturated rings. The molecule has 1 N–H and O–H groups in total. The minimum atomic E-state index is 0.302. The summed E-state index contributed by atoms with van der Waals surface area (Å²) in [4.78, 5) is 0. The van der Waals surface area contributed by atoms with Crippen LogP contribution in [0.3, 0.4) is 0 Å². The summed E-state index contributed by atoms with van der Waals surface area (Å²) in [5, 5.41) is 4.06. The van der Waals surface area contributed by atoms with Crippen LogP contribution in [0.15, 0.2) is 36.4 Å². The third kappa shape index (κ3) is 2.61. The third-order valence-corrected chi connectivity index (χ3v) is 3.37. The molecule has 4 heteroatoms. The monoisotopic (exact) mass is 275 g/mol. The standard InChI is InChI=1S/C15H14ClNO2/c1-10-2-4-12(16)13(6-10)17-8-11-3-5-14-15(7-11)19-9-18-14/h2-7,17H,8-9H2,1H3. The molecule has 0 saturated heterocycles. The van der Waals surface area contributed by atoms with Gasteiger partial charge in [-0.15, -0.1) is 0 Å². The topological polar surface area (TPSA) is 30.5 Å². The van der Waals surface area contributed by atoms with Crippen LogP contribution in [0, 0.1) is 6.92 Å². The van der Waals surface area contributed by atoms with Crippen LogP contribution >= 0.6 is 11.6 Å². The van der Waals surface area contributed by atoms with Crippen molar-refractivity contribution in [1.82, 2.24) is 0 Å². The first-order valence-corrected chi connectivity index (χ1v) is 6.49. The normalized spacial score (nSPS) is 12.5. The molecular formula is C15H14ClNO2. The number of aryl methyl sites for hydroxylation is 1. The molecule has 0 unspecified atom stereocenters. The zero-order valence-corrected chi connectivity index (χ0v) is 11.3. The highest BCUT2D eigenvalue weighted by Crippen LogP contribution is 2.33. The Balaban J connectivity index is 1.74. The van der Waals surface area contributed by atoms with Crippen LogP contribution in [0.4, 0.5) is 5.69 Å². The van der Waals surface area contributed by atoms with E-state index in [-0.39, 0.29) is 0 Å². The van der Waals surface area contributed by atoms with E-state index in [9.17, 15) is 0 Å². The van der Waals surface area contributed by atoms with E-state index in [2.05, 4.69) is 5.32 Å². The number of rotatable bonds is 3. The largest absolute Gasteiger partial charge is 0.454 e. The predicted octanol–water partition coefficient (Wildman–Crippen LogP) is 3.99. The number of ether oxygens (including phenoxy) is 2. The van der Waals surface area contributed by atoms with Gasteiger partial charge in [0.15, 0.2) is 11.5 Å². The van der Waals surface area contributed by atoms with Gasteiger partial charge < -0.3 is 14.8 Å². The lowest BCUT2D eigenvalue weighted by molar-refractivity contribution is 0.174. The Bertz CT molecular complexity index is 613. The Kier molecular flexibility index (Phi) is 3.22. The molecule has 0 aliphatic carbocycles. The van der Waals surface area contributed by atoms with Crippen LogP contribution < -0.4 is 14.8 Å². The van der Waals surface area contributed by atoms with Crippen LogP contribution in [0.2, 0.25) is 5.02 Å². The van der Waals surface area contributed by atoms with Gasteiger partial charge in [0.25, 0.3) is 0 Å². The summed E-state index contributed by atoms with van der Waals surface area (Å²) < 4.78 is 10.6. The molecule has 0 bridgehead atoms. The average Bonchev–Trinajstić information content (AvgIpc) is 2.87. The third-order valence-electron chi connectivity index (χ3n) is 3.04. The average molecular weight is 276 g/mol. The zero-order valence-electron chi connectivity index (χ0n) is 10.6. The highest BCUT2D eigenvalue weighted by atomic mass is 35.5. The first-order chi connectivity index (χ1) is 9.22. The zero-order chi connectivity index (χ0) is 13.2. The van der Waals surface area contributed by atoms with Gasteiger partial charge in [-0.25, -0.2) is 0 Å². The summed E-state index contributed by atoms with van der Waals surface area (Å²) in [6, 6.07) is 11.9. The maximum absolute atomic E-state index is 6.15. The molecule has 98 valence electrons. The van der Waals surface area contributed by atoms with E-state index in [4.69, 9.17) is 21.1 Å². The number of fused-ring (bicyclic) bond motifs is 1. The maximum atomic E-state index is 6.15. The minimum Gasteiger partial charge on any atom is -0.454 e. The van der Waals surface area contributed by atoms with E-state index < -0.39 is 0 Å². The molecule has 0 amide bonds. The summed E-state index contributed by atoms with van der Waals surface area (Å²) in [6.07, 6.45) is 0. The predicted molar refractivity (Wildman–Crippen MR) is 76.1 cm³/mol. The van der Waals surface area contributed by atoms with Gasteiger partial charge in [0.2, 0.25) is 6.79 Å². The number of halogens is 1. The quantitative estimate of drug-likeness (QED) is 0.919. The van der Waals surface area contributed by atoms with Crippen molar-refractivity contribution >= 4 is 17.3 Å². The molecule has 1 aliphatic rings. The van der Waals surface area contributed by atoms with Crippen LogP contribution in [-0.2, 0) is 6.54 Å². The highest BCUT2D eigenvalue weighted by molar-refractivity contribution is 6.33. The van der Waals surface area contributed by atoms with E-state index in [0.717, 1.165) is 27.8 Å². The lowest BCUT2D eigenvalue weighted by Crippen LogP contribution is -2.00. The molecule has 1 aliphatic heterocycles. The Morgan fingerprint density at radius 1 is 1.11 bits per heavy atom. The van der Waals surface area contributed by atoms with Gasteiger partial charge in [-0.2, -0.15) is 0 Å². The van der Waals surface area contributed by atoms with Gasteiger partial charge in [-0.1, -0.05) is 23.7 Å². The molecule has 0 spiro atoms.